The van der Waals surface area contributed by atoms with Crippen molar-refractivity contribution >= 4 is 21.4 Å². The predicted molar refractivity (Wildman–Crippen MR) is 86.2 cm³/mol. The number of hydrogen-bond acceptors (Lipinski definition) is 2. The van der Waals surface area contributed by atoms with Gasteiger partial charge in [-0.05, 0) is 36.6 Å². The molecule has 2 aromatic carbocycles. The molecule has 108 valence electrons. The van der Waals surface area contributed by atoms with Crippen LogP contribution in [0.1, 0.15) is 12.0 Å². The van der Waals surface area contributed by atoms with Gasteiger partial charge in [0.25, 0.3) is 0 Å². The Bertz CT molecular complexity index is 753. The van der Waals surface area contributed by atoms with Crippen LogP contribution in [0.5, 0.6) is 0 Å². The van der Waals surface area contributed by atoms with Crippen molar-refractivity contribution in [1.82, 2.24) is 0 Å². The van der Waals surface area contributed by atoms with Gasteiger partial charge in [-0.2, -0.15) is 0 Å². The fraction of sp³-hybridized carbons (Fsp3) is 0.176. The molecule has 0 saturated carbocycles. The first-order valence-corrected chi connectivity index (χ1v) is 8.43. The van der Waals surface area contributed by atoms with E-state index in [4.69, 9.17) is 0 Å². The van der Waals surface area contributed by atoms with Crippen LogP contribution in [0.2, 0.25) is 0 Å². The Morgan fingerprint density at radius 3 is 2.48 bits per heavy atom. The maximum atomic E-state index is 12.9. The van der Waals surface area contributed by atoms with Gasteiger partial charge in [0.2, 0.25) is 10.0 Å². The highest BCUT2D eigenvalue weighted by molar-refractivity contribution is 7.93. The Morgan fingerprint density at radius 2 is 1.76 bits per heavy atom. The minimum absolute atomic E-state index is 0.454. The van der Waals surface area contributed by atoms with Crippen molar-refractivity contribution in [3.05, 3.63) is 72.8 Å². The normalized spacial score (nSPS) is 19.8. The van der Waals surface area contributed by atoms with E-state index in [2.05, 4.69) is 6.58 Å². The smallest absolute Gasteiger partial charge is 0.238 e. The van der Waals surface area contributed by atoms with Gasteiger partial charge in [0.1, 0.15) is 0 Å². The number of sulfonamides is 1. The Kier molecular flexibility index (Phi) is 3.55. The minimum atomic E-state index is -3.43. The predicted octanol–water partition coefficient (Wildman–Crippen LogP) is 3.66. The van der Waals surface area contributed by atoms with Crippen LogP contribution in [-0.4, -0.2) is 13.7 Å². The van der Waals surface area contributed by atoms with Crippen molar-refractivity contribution < 1.29 is 8.42 Å². The Balaban J connectivity index is 2.21. The zero-order valence-electron chi connectivity index (χ0n) is 11.6. The molecule has 1 aliphatic rings. The molecule has 0 aliphatic carbocycles. The molecule has 1 aliphatic heterocycles. The summed E-state index contributed by atoms with van der Waals surface area (Å²) in [6, 6.07) is 16.9. The number of allylic oxidation sites excluding steroid dienone is 1. The molecular weight excluding hydrogens is 282 g/mol. The van der Waals surface area contributed by atoms with Crippen LogP contribution in [0.3, 0.4) is 0 Å². The lowest BCUT2D eigenvalue weighted by Gasteiger charge is -2.35. The third kappa shape index (κ3) is 2.36. The van der Waals surface area contributed by atoms with Gasteiger partial charge in [-0.3, -0.25) is 0 Å². The summed E-state index contributed by atoms with van der Waals surface area (Å²) in [7, 11) is -3.43. The van der Waals surface area contributed by atoms with Crippen LogP contribution >= 0.6 is 0 Å². The SMILES string of the molecule is C=CC[C@H]1Cc2ccccc2N(c2ccccc2)S1(=O)=O. The molecule has 0 fully saturated rings. The highest BCUT2D eigenvalue weighted by atomic mass is 32.2. The first-order valence-electron chi connectivity index (χ1n) is 6.92. The van der Waals surface area contributed by atoms with E-state index in [1.165, 1.54) is 4.31 Å². The third-order valence-electron chi connectivity index (χ3n) is 3.75. The summed E-state index contributed by atoms with van der Waals surface area (Å²) in [6.07, 6.45) is 2.67. The van der Waals surface area contributed by atoms with Crippen LogP contribution in [0.15, 0.2) is 67.3 Å². The molecule has 0 aromatic heterocycles. The van der Waals surface area contributed by atoms with Crippen LogP contribution in [-0.2, 0) is 16.4 Å². The molecule has 0 spiro atoms. The van der Waals surface area contributed by atoms with Crippen LogP contribution in [0.25, 0.3) is 0 Å². The van der Waals surface area contributed by atoms with E-state index in [0.29, 0.717) is 18.5 Å². The van der Waals surface area contributed by atoms with Crippen molar-refractivity contribution in [2.75, 3.05) is 4.31 Å². The summed E-state index contributed by atoms with van der Waals surface area (Å²) < 4.78 is 27.4. The van der Waals surface area contributed by atoms with E-state index in [1.807, 2.05) is 54.6 Å². The molecule has 0 radical (unpaired) electrons. The van der Waals surface area contributed by atoms with Gasteiger partial charge in [-0.1, -0.05) is 42.5 Å². The molecule has 0 bridgehead atoms. The van der Waals surface area contributed by atoms with Crippen LogP contribution < -0.4 is 4.31 Å². The largest absolute Gasteiger partial charge is 0.243 e. The van der Waals surface area contributed by atoms with E-state index in [-0.39, 0.29) is 0 Å². The summed E-state index contributed by atoms with van der Waals surface area (Å²) >= 11 is 0. The summed E-state index contributed by atoms with van der Waals surface area (Å²) in [5.74, 6) is 0. The van der Waals surface area contributed by atoms with E-state index < -0.39 is 15.3 Å². The molecule has 1 heterocycles. The van der Waals surface area contributed by atoms with Gasteiger partial charge < -0.3 is 0 Å². The number of benzene rings is 2. The number of anilines is 2. The lowest BCUT2D eigenvalue weighted by molar-refractivity contribution is 0.574. The molecule has 0 unspecified atom stereocenters. The third-order valence-corrected chi connectivity index (χ3v) is 5.87. The van der Waals surface area contributed by atoms with E-state index >= 15 is 0 Å². The van der Waals surface area contributed by atoms with Gasteiger partial charge in [0.05, 0.1) is 16.6 Å². The standard InChI is InChI=1S/C17H17NO2S/c1-2-8-16-13-14-9-6-7-12-17(14)18(21(16,19)20)15-10-4-3-5-11-15/h2-7,9-12,16H,1,8,13H2/t16-/m0/s1. The first kappa shape index (κ1) is 13.9. The average molecular weight is 299 g/mol. The second kappa shape index (κ2) is 5.37. The molecular formula is C17H17NO2S. The Morgan fingerprint density at radius 1 is 1.10 bits per heavy atom. The second-order valence-corrected chi connectivity index (χ2v) is 7.19. The van der Waals surface area contributed by atoms with Gasteiger partial charge in [0, 0.05) is 0 Å². The van der Waals surface area contributed by atoms with Crippen LogP contribution in [0, 0.1) is 0 Å². The van der Waals surface area contributed by atoms with Crippen molar-refractivity contribution in [2.45, 2.75) is 18.1 Å². The summed E-state index contributed by atoms with van der Waals surface area (Å²) in [6.45, 7) is 3.69. The molecule has 1 atom stereocenters. The van der Waals surface area contributed by atoms with E-state index in [9.17, 15) is 8.42 Å². The molecule has 2 aromatic rings. The lowest BCUT2D eigenvalue weighted by Crippen LogP contribution is -2.41. The Labute approximate surface area is 125 Å². The minimum Gasteiger partial charge on any atom is -0.238 e. The van der Waals surface area contributed by atoms with Gasteiger partial charge in [-0.25, -0.2) is 12.7 Å². The maximum absolute atomic E-state index is 12.9. The summed E-state index contributed by atoms with van der Waals surface area (Å²) in [4.78, 5) is 0. The second-order valence-electron chi connectivity index (χ2n) is 5.12. The highest BCUT2D eigenvalue weighted by Gasteiger charge is 2.38. The molecule has 0 saturated heterocycles. The van der Waals surface area contributed by atoms with Crippen molar-refractivity contribution in [3.63, 3.8) is 0 Å². The number of para-hydroxylation sites is 2. The zero-order chi connectivity index (χ0) is 14.9. The maximum Gasteiger partial charge on any atom is 0.243 e. The molecule has 3 rings (SSSR count). The number of rotatable bonds is 3. The fourth-order valence-corrected chi connectivity index (χ4v) is 4.69. The van der Waals surface area contributed by atoms with E-state index in [0.717, 1.165) is 11.3 Å². The fourth-order valence-electron chi connectivity index (χ4n) is 2.76. The highest BCUT2D eigenvalue weighted by Crippen LogP contribution is 2.39. The molecule has 3 nitrogen and oxygen atoms in total. The quantitative estimate of drug-likeness (QED) is 0.811. The monoisotopic (exact) mass is 299 g/mol. The molecule has 0 N–H and O–H groups in total. The van der Waals surface area contributed by atoms with Gasteiger partial charge in [-0.15, -0.1) is 6.58 Å². The summed E-state index contributed by atoms with van der Waals surface area (Å²) in [5, 5.41) is -0.454. The first-order chi connectivity index (χ1) is 10.1. The van der Waals surface area contributed by atoms with Crippen LogP contribution in [0.4, 0.5) is 11.4 Å². The number of hydrogen-bond donors (Lipinski definition) is 0. The number of fused-ring (bicyclic) bond motifs is 1. The number of nitrogens with zero attached hydrogens (tertiary/aromatic N) is 1. The molecule has 4 heteroatoms. The molecule has 21 heavy (non-hydrogen) atoms. The Hall–Kier alpha value is -2.07. The summed E-state index contributed by atoms with van der Waals surface area (Å²) in [5.41, 5.74) is 2.49. The van der Waals surface area contributed by atoms with Crippen molar-refractivity contribution in [2.24, 2.45) is 0 Å². The zero-order valence-corrected chi connectivity index (χ0v) is 12.5. The average Bonchev–Trinajstić information content (AvgIpc) is 2.49. The van der Waals surface area contributed by atoms with Gasteiger partial charge in [0.15, 0.2) is 0 Å². The lowest BCUT2D eigenvalue weighted by atomic mass is 10.0. The van der Waals surface area contributed by atoms with Gasteiger partial charge >= 0.3 is 0 Å². The van der Waals surface area contributed by atoms with Crippen molar-refractivity contribution in [3.8, 4) is 0 Å². The van der Waals surface area contributed by atoms with Crippen molar-refractivity contribution in [1.29, 1.82) is 0 Å². The molecule has 0 amide bonds. The van der Waals surface area contributed by atoms with E-state index in [1.54, 1.807) is 6.08 Å². The topological polar surface area (TPSA) is 37.4 Å².